The summed E-state index contributed by atoms with van der Waals surface area (Å²) in [6.07, 6.45) is 9.74. The molecule has 7 heteroatoms. The molecule has 0 unspecified atom stereocenters. The molecule has 1 saturated heterocycles. The summed E-state index contributed by atoms with van der Waals surface area (Å²) in [6, 6.07) is 7.89. The predicted octanol–water partition coefficient (Wildman–Crippen LogP) is 2.53. The third-order valence-electron chi connectivity index (χ3n) is 5.11. The third kappa shape index (κ3) is 3.45. The summed E-state index contributed by atoms with van der Waals surface area (Å²) in [5.41, 5.74) is 1.98. The molecule has 0 amide bonds. The smallest absolute Gasteiger partial charge is 0.225 e. The van der Waals surface area contributed by atoms with Crippen LogP contribution in [0.1, 0.15) is 24.6 Å². The van der Waals surface area contributed by atoms with Crippen LogP contribution in [-0.4, -0.2) is 51.1 Å². The highest BCUT2D eigenvalue weighted by atomic mass is 15.3. The molecule has 0 bridgehead atoms. The van der Waals surface area contributed by atoms with Gasteiger partial charge in [-0.25, -0.2) is 19.9 Å². The Balaban J connectivity index is 1.29. The van der Waals surface area contributed by atoms with Crippen molar-refractivity contribution in [2.45, 2.75) is 18.8 Å². The monoisotopic (exact) mass is 359 g/mol. The lowest BCUT2D eigenvalue weighted by molar-refractivity contribution is 0.632. The molecule has 1 aliphatic carbocycles. The topological polar surface area (TPSA) is 70.9 Å². The SMILES string of the molecule is c1cc(-c2ccnc(N3CCN(c4ccnc(C5CC5)n4)CC3)n2)ccn1. The van der Waals surface area contributed by atoms with E-state index < -0.39 is 0 Å². The van der Waals surface area contributed by atoms with Crippen molar-refractivity contribution in [3.63, 3.8) is 0 Å². The molecule has 3 aromatic rings. The Morgan fingerprint density at radius 1 is 0.741 bits per heavy atom. The summed E-state index contributed by atoms with van der Waals surface area (Å²) in [4.78, 5) is 27.1. The van der Waals surface area contributed by atoms with Crippen LogP contribution >= 0.6 is 0 Å². The molecule has 1 aliphatic heterocycles. The fourth-order valence-electron chi connectivity index (χ4n) is 3.40. The van der Waals surface area contributed by atoms with Gasteiger partial charge < -0.3 is 9.80 Å². The molecule has 4 heterocycles. The summed E-state index contributed by atoms with van der Waals surface area (Å²) in [6.45, 7) is 3.57. The van der Waals surface area contributed by atoms with E-state index in [1.165, 1.54) is 12.8 Å². The van der Waals surface area contributed by atoms with E-state index in [0.29, 0.717) is 5.92 Å². The van der Waals surface area contributed by atoms with Gasteiger partial charge in [0.2, 0.25) is 5.95 Å². The minimum absolute atomic E-state index is 0.579. The highest BCUT2D eigenvalue weighted by Crippen LogP contribution is 2.38. The van der Waals surface area contributed by atoms with Crippen LogP contribution in [-0.2, 0) is 0 Å². The largest absolute Gasteiger partial charge is 0.353 e. The van der Waals surface area contributed by atoms with Crippen molar-refractivity contribution in [3.8, 4) is 11.3 Å². The van der Waals surface area contributed by atoms with Crippen molar-refractivity contribution < 1.29 is 0 Å². The zero-order valence-electron chi connectivity index (χ0n) is 15.1. The average molecular weight is 359 g/mol. The summed E-state index contributed by atoms with van der Waals surface area (Å²) in [5, 5.41) is 0. The van der Waals surface area contributed by atoms with E-state index in [1.807, 2.05) is 36.7 Å². The number of anilines is 2. The second-order valence-electron chi connectivity index (χ2n) is 7.00. The molecule has 2 aliphatic rings. The molecule has 0 spiro atoms. The molecular formula is C20H21N7. The van der Waals surface area contributed by atoms with Gasteiger partial charge in [0.05, 0.1) is 5.69 Å². The molecule has 5 rings (SSSR count). The Labute approximate surface area is 158 Å². The molecule has 0 radical (unpaired) electrons. The Morgan fingerprint density at radius 2 is 1.48 bits per heavy atom. The molecule has 7 nitrogen and oxygen atoms in total. The minimum Gasteiger partial charge on any atom is -0.353 e. The van der Waals surface area contributed by atoms with Gasteiger partial charge in [0.15, 0.2) is 0 Å². The van der Waals surface area contributed by atoms with Crippen LogP contribution in [0.3, 0.4) is 0 Å². The summed E-state index contributed by atoms with van der Waals surface area (Å²) >= 11 is 0. The Hall–Kier alpha value is -3.09. The minimum atomic E-state index is 0.579. The molecule has 2 fully saturated rings. The number of nitrogens with zero attached hydrogens (tertiary/aromatic N) is 7. The first-order valence-corrected chi connectivity index (χ1v) is 9.43. The Morgan fingerprint density at radius 3 is 2.26 bits per heavy atom. The zero-order chi connectivity index (χ0) is 18.1. The van der Waals surface area contributed by atoms with Gasteiger partial charge in [-0.15, -0.1) is 0 Å². The van der Waals surface area contributed by atoms with Gasteiger partial charge in [0, 0.05) is 62.4 Å². The quantitative estimate of drug-likeness (QED) is 0.709. The first kappa shape index (κ1) is 16.1. The molecule has 27 heavy (non-hydrogen) atoms. The first-order valence-electron chi connectivity index (χ1n) is 9.43. The highest BCUT2D eigenvalue weighted by molar-refractivity contribution is 5.59. The second kappa shape index (κ2) is 6.90. The van der Waals surface area contributed by atoms with Gasteiger partial charge in [-0.3, -0.25) is 4.98 Å². The molecule has 136 valence electrons. The van der Waals surface area contributed by atoms with Gasteiger partial charge in [-0.2, -0.15) is 0 Å². The van der Waals surface area contributed by atoms with Crippen LogP contribution in [0.2, 0.25) is 0 Å². The van der Waals surface area contributed by atoms with Crippen molar-refractivity contribution in [2.24, 2.45) is 0 Å². The third-order valence-corrected chi connectivity index (χ3v) is 5.11. The van der Waals surface area contributed by atoms with Crippen LogP contribution in [0.5, 0.6) is 0 Å². The van der Waals surface area contributed by atoms with Gasteiger partial charge in [0.1, 0.15) is 11.6 Å². The lowest BCUT2D eigenvalue weighted by Gasteiger charge is -2.35. The fraction of sp³-hybridized carbons (Fsp3) is 0.350. The number of hydrogen-bond donors (Lipinski definition) is 0. The molecule has 0 atom stereocenters. The van der Waals surface area contributed by atoms with Crippen LogP contribution in [0.15, 0.2) is 49.1 Å². The number of pyridine rings is 1. The van der Waals surface area contributed by atoms with E-state index in [0.717, 1.165) is 55.0 Å². The Kier molecular flexibility index (Phi) is 4.12. The lowest BCUT2D eigenvalue weighted by atomic mass is 10.2. The van der Waals surface area contributed by atoms with E-state index in [2.05, 4.69) is 24.8 Å². The van der Waals surface area contributed by atoms with Gasteiger partial charge in [-0.1, -0.05) is 0 Å². The van der Waals surface area contributed by atoms with E-state index in [1.54, 1.807) is 12.4 Å². The maximum Gasteiger partial charge on any atom is 0.225 e. The number of piperazine rings is 1. The van der Waals surface area contributed by atoms with E-state index in [9.17, 15) is 0 Å². The summed E-state index contributed by atoms with van der Waals surface area (Å²) < 4.78 is 0. The number of aromatic nitrogens is 5. The average Bonchev–Trinajstić information content (AvgIpc) is 3.60. The maximum atomic E-state index is 4.77. The standard InChI is InChI=1S/C20H21N7/c1-2-16(1)19-22-10-6-18(25-19)26-11-13-27(14-12-26)20-23-9-5-17(24-20)15-3-7-21-8-4-15/h3-10,16H,1-2,11-14H2. The molecule has 1 saturated carbocycles. The van der Waals surface area contributed by atoms with Crippen LogP contribution < -0.4 is 9.80 Å². The van der Waals surface area contributed by atoms with E-state index in [-0.39, 0.29) is 0 Å². The normalized spacial score (nSPS) is 17.2. The van der Waals surface area contributed by atoms with Gasteiger partial charge in [-0.05, 0) is 37.1 Å². The molecule has 0 aromatic carbocycles. The fourth-order valence-corrected chi connectivity index (χ4v) is 3.40. The van der Waals surface area contributed by atoms with Crippen molar-refractivity contribution >= 4 is 11.8 Å². The van der Waals surface area contributed by atoms with Crippen LogP contribution in [0, 0.1) is 0 Å². The van der Waals surface area contributed by atoms with E-state index in [4.69, 9.17) is 9.97 Å². The van der Waals surface area contributed by atoms with Crippen molar-refractivity contribution in [1.29, 1.82) is 0 Å². The zero-order valence-corrected chi connectivity index (χ0v) is 15.1. The van der Waals surface area contributed by atoms with Crippen LogP contribution in [0.4, 0.5) is 11.8 Å². The highest BCUT2D eigenvalue weighted by Gasteiger charge is 2.27. The second-order valence-corrected chi connectivity index (χ2v) is 7.00. The Bertz CT molecular complexity index is 918. The van der Waals surface area contributed by atoms with Gasteiger partial charge >= 0.3 is 0 Å². The van der Waals surface area contributed by atoms with Gasteiger partial charge in [0.25, 0.3) is 0 Å². The maximum absolute atomic E-state index is 4.77. The van der Waals surface area contributed by atoms with Crippen molar-refractivity contribution in [1.82, 2.24) is 24.9 Å². The van der Waals surface area contributed by atoms with E-state index >= 15 is 0 Å². The lowest BCUT2D eigenvalue weighted by Crippen LogP contribution is -2.47. The van der Waals surface area contributed by atoms with Crippen LogP contribution in [0.25, 0.3) is 11.3 Å². The number of hydrogen-bond acceptors (Lipinski definition) is 7. The molecule has 3 aromatic heterocycles. The number of rotatable bonds is 4. The predicted molar refractivity (Wildman–Crippen MR) is 104 cm³/mol. The first-order chi connectivity index (χ1) is 13.4. The summed E-state index contributed by atoms with van der Waals surface area (Å²) in [7, 11) is 0. The van der Waals surface area contributed by atoms with Crippen molar-refractivity contribution in [3.05, 3.63) is 54.9 Å². The molecule has 0 N–H and O–H groups in total. The molecular weight excluding hydrogens is 338 g/mol. The van der Waals surface area contributed by atoms with Crippen molar-refractivity contribution in [2.75, 3.05) is 36.0 Å². The summed E-state index contributed by atoms with van der Waals surface area (Å²) in [5.74, 6) is 3.40.